The van der Waals surface area contributed by atoms with Gasteiger partial charge in [0, 0.05) is 17.6 Å². The molecule has 1 aliphatic rings. The van der Waals surface area contributed by atoms with Gasteiger partial charge in [-0.1, -0.05) is 0 Å². The van der Waals surface area contributed by atoms with Gasteiger partial charge in [-0.05, 0) is 47.1 Å². The van der Waals surface area contributed by atoms with Gasteiger partial charge < -0.3 is 4.74 Å². The SMILES string of the molecule is CCOC(=O)C1CCCN(S(=O)(=O)c2sccc2Br)C1. The van der Waals surface area contributed by atoms with E-state index in [1.807, 2.05) is 0 Å². The molecule has 0 spiro atoms. The highest BCUT2D eigenvalue weighted by molar-refractivity contribution is 9.10. The lowest BCUT2D eigenvalue weighted by molar-refractivity contribution is -0.149. The Morgan fingerprint density at radius 3 is 2.95 bits per heavy atom. The monoisotopic (exact) mass is 381 g/mol. The van der Waals surface area contributed by atoms with E-state index in [4.69, 9.17) is 4.74 Å². The van der Waals surface area contributed by atoms with Crippen molar-refractivity contribution in [2.45, 2.75) is 24.0 Å². The Hall–Kier alpha value is -0.440. The van der Waals surface area contributed by atoms with E-state index in [1.54, 1.807) is 18.4 Å². The second-order valence-corrected chi connectivity index (χ2v) is 8.41. The molecule has 1 aliphatic heterocycles. The first-order valence-electron chi connectivity index (χ1n) is 6.36. The maximum absolute atomic E-state index is 12.5. The van der Waals surface area contributed by atoms with Crippen molar-refractivity contribution in [2.75, 3.05) is 19.7 Å². The smallest absolute Gasteiger partial charge is 0.310 e. The Morgan fingerprint density at radius 2 is 2.35 bits per heavy atom. The Kier molecular flexibility index (Phi) is 5.22. The van der Waals surface area contributed by atoms with Crippen LogP contribution >= 0.6 is 27.3 Å². The summed E-state index contributed by atoms with van der Waals surface area (Å²) in [6, 6.07) is 1.71. The van der Waals surface area contributed by atoms with Gasteiger partial charge in [-0.25, -0.2) is 8.42 Å². The molecule has 0 saturated carbocycles. The van der Waals surface area contributed by atoms with Crippen molar-refractivity contribution in [1.82, 2.24) is 4.31 Å². The quantitative estimate of drug-likeness (QED) is 0.751. The van der Waals surface area contributed by atoms with E-state index < -0.39 is 10.0 Å². The van der Waals surface area contributed by atoms with E-state index in [0.29, 0.717) is 34.7 Å². The van der Waals surface area contributed by atoms with Crippen LogP contribution in [0.5, 0.6) is 0 Å². The average Bonchev–Trinajstić information content (AvgIpc) is 2.86. The van der Waals surface area contributed by atoms with Crippen LogP contribution in [0.3, 0.4) is 0 Å². The van der Waals surface area contributed by atoms with Crippen LogP contribution in [0.1, 0.15) is 19.8 Å². The third-order valence-electron chi connectivity index (χ3n) is 3.16. The molecule has 1 unspecified atom stereocenters. The predicted octanol–water partition coefficient (Wildman–Crippen LogP) is 2.47. The van der Waals surface area contributed by atoms with Crippen LogP contribution in [0.25, 0.3) is 0 Å². The van der Waals surface area contributed by atoms with Crippen LogP contribution in [-0.2, 0) is 19.6 Å². The lowest BCUT2D eigenvalue weighted by atomic mass is 10.0. The van der Waals surface area contributed by atoms with Gasteiger partial charge in [-0.3, -0.25) is 4.79 Å². The molecule has 5 nitrogen and oxygen atoms in total. The Balaban J connectivity index is 2.17. The van der Waals surface area contributed by atoms with Gasteiger partial charge in [0.2, 0.25) is 0 Å². The Labute approximate surface area is 131 Å². The molecule has 0 radical (unpaired) electrons. The number of hydrogen-bond donors (Lipinski definition) is 0. The number of thiophene rings is 1. The van der Waals surface area contributed by atoms with E-state index >= 15 is 0 Å². The standard InChI is InChI=1S/C12H16BrNO4S2/c1-2-18-11(15)9-4-3-6-14(8-9)20(16,17)12-10(13)5-7-19-12/h5,7,9H,2-4,6,8H2,1H3. The molecule has 0 N–H and O–H groups in total. The zero-order chi connectivity index (χ0) is 14.8. The fraction of sp³-hybridized carbons (Fsp3) is 0.583. The summed E-state index contributed by atoms with van der Waals surface area (Å²) in [5, 5.41) is 1.73. The molecule has 0 amide bonds. The second kappa shape index (κ2) is 6.55. The molecule has 1 aromatic heterocycles. The number of carbonyl (C=O) groups is 1. The number of piperidine rings is 1. The zero-order valence-corrected chi connectivity index (χ0v) is 14.3. The number of esters is 1. The number of sulfonamides is 1. The number of rotatable bonds is 4. The molecule has 1 saturated heterocycles. The van der Waals surface area contributed by atoms with E-state index in [1.165, 1.54) is 15.6 Å². The highest BCUT2D eigenvalue weighted by Crippen LogP contribution is 2.32. The van der Waals surface area contributed by atoms with Crippen molar-refractivity contribution < 1.29 is 17.9 Å². The van der Waals surface area contributed by atoms with Crippen LogP contribution in [0.2, 0.25) is 0 Å². The minimum atomic E-state index is -3.53. The fourth-order valence-corrected chi connectivity index (χ4v) is 6.17. The van der Waals surface area contributed by atoms with Crippen molar-refractivity contribution in [3.8, 4) is 0 Å². The molecule has 0 bridgehead atoms. The molecular weight excluding hydrogens is 366 g/mol. The topological polar surface area (TPSA) is 63.7 Å². The van der Waals surface area contributed by atoms with Crippen molar-refractivity contribution in [2.24, 2.45) is 5.92 Å². The van der Waals surface area contributed by atoms with Gasteiger partial charge in [0.1, 0.15) is 4.21 Å². The van der Waals surface area contributed by atoms with E-state index in [2.05, 4.69) is 15.9 Å². The van der Waals surface area contributed by atoms with Gasteiger partial charge in [0.25, 0.3) is 10.0 Å². The summed E-state index contributed by atoms with van der Waals surface area (Å²) in [5.74, 6) is -0.671. The highest BCUT2D eigenvalue weighted by atomic mass is 79.9. The van der Waals surface area contributed by atoms with Gasteiger partial charge in [0.15, 0.2) is 0 Å². The lowest BCUT2D eigenvalue weighted by Gasteiger charge is -2.30. The number of ether oxygens (including phenoxy) is 1. The van der Waals surface area contributed by atoms with Gasteiger partial charge in [0.05, 0.1) is 12.5 Å². The molecule has 2 rings (SSSR count). The predicted molar refractivity (Wildman–Crippen MR) is 80.1 cm³/mol. The molecule has 112 valence electrons. The number of nitrogens with zero attached hydrogens (tertiary/aromatic N) is 1. The third kappa shape index (κ3) is 3.24. The maximum Gasteiger partial charge on any atom is 0.310 e. The summed E-state index contributed by atoms with van der Waals surface area (Å²) in [4.78, 5) is 11.8. The molecule has 20 heavy (non-hydrogen) atoms. The van der Waals surface area contributed by atoms with E-state index in [-0.39, 0.29) is 18.4 Å². The van der Waals surface area contributed by atoms with Crippen LogP contribution < -0.4 is 0 Å². The summed E-state index contributed by atoms with van der Waals surface area (Å²) in [6.07, 6.45) is 1.35. The van der Waals surface area contributed by atoms with E-state index in [9.17, 15) is 13.2 Å². The largest absolute Gasteiger partial charge is 0.466 e. The van der Waals surface area contributed by atoms with Crippen LogP contribution in [0.15, 0.2) is 20.1 Å². The molecule has 1 atom stereocenters. The summed E-state index contributed by atoms with van der Waals surface area (Å²) in [7, 11) is -3.53. The molecule has 1 aromatic rings. The molecule has 2 heterocycles. The summed E-state index contributed by atoms with van der Waals surface area (Å²) < 4.78 is 32.3. The van der Waals surface area contributed by atoms with Crippen molar-refractivity contribution in [3.63, 3.8) is 0 Å². The van der Waals surface area contributed by atoms with Crippen LogP contribution in [-0.4, -0.2) is 38.4 Å². The zero-order valence-electron chi connectivity index (χ0n) is 11.0. The fourth-order valence-electron chi connectivity index (χ4n) is 2.19. The Bertz CT molecular complexity index is 584. The number of carbonyl (C=O) groups excluding carboxylic acids is 1. The normalized spacial score (nSPS) is 20.8. The second-order valence-electron chi connectivity index (χ2n) is 4.51. The summed E-state index contributed by atoms with van der Waals surface area (Å²) >= 11 is 4.43. The van der Waals surface area contributed by atoms with Gasteiger partial charge in [-0.2, -0.15) is 4.31 Å². The first-order chi connectivity index (χ1) is 9.46. The van der Waals surface area contributed by atoms with Crippen molar-refractivity contribution in [3.05, 3.63) is 15.9 Å². The molecular formula is C12H16BrNO4S2. The van der Waals surface area contributed by atoms with Crippen molar-refractivity contribution >= 4 is 43.3 Å². The van der Waals surface area contributed by atoms with Gasteiger partial charge in [-0.15, -0.1) is 11.3 Å². The molecule has 8 heteroatoms. The van der Waals surface area contributed by atoms with Crippen molar-refractivity contribution in [1.29, 1.82) is 0 Å². The van der Waals surface area contributed by atoms with E-state index in [0.717, 1.165) is 0 Å². The first kappa shape index (κ1) is 15.9. The first-order valence-corrected chi connectivity index (χ1v) is 9.48. The average molecular weight is 382 g/mol. The Morgan fingerprint density at radius 1 is 1.60 bits per heavy atom. The summed E-state index contributed by atoms with van der Waals surface area (Å²) in [5.41, 5.74) is 0. The van der Waals surface area contributed by atoms with Crippen LogP contribution in [0.4, 0.5) is 0 Å². The summed E-state index contributed by atoms with van der Waals surface area (Å²) in [6.45, 7) is 2.71. The minimum Gasteiger partial charge on any atom is -0.466 e. The lowest BCUT2D eigenvalue weighted by Crippen LogP contribution is -2.42. The maximum atomic E-state index is 12.5. The minimum absolute atomic E-state index is 0.200. The van der Waals surface area contributed by atoms with Gasteiger partial charge >= 0.3 is 5.97 Å². The molecule has 0 aliphatic carbocycles. The number of hydrogen-bond acceptors (Lipinski definition) is 5. The highest BCUT2D eigenvalue weighted by Gasteiger charge is 2.35. The molecule has 0 aromatic carbocycles. The number of halogens is 1. The third-order valence-corrected chi connectivity index (χ3v) is 7.68. The molecule has 1 fully saturated rings. The van der Waals surface area contributed by atoms with Crippen LogP contribution in [0, 0.1) is 5.92 Å².